The molecule has 8 nitrogen and oxygen atoms in total. The molecule has 178 valence electrons. The number of ether oxygens (including phenoxy) is 2. The first-order chi connectivity index (χ1) is 16.5. The highest BCUT2D eigenvalue weighted by Gasteiger charge is 2.27. The Hall–Kier alpha value is -3.88. The molecule has 9 heteroatoms. The molecule has 1 aliphatic heterocycles. The molecule has 0 spiro atoms. The second kappa shape index (κ2) is 10.4. The van der Waals surface area contributed by atoms with Gasteiger partial charge in [-0.15, -0.1) is 5.10 Å². The number of anilines is 1. The molecule has 0 saturated carbocycles. The minimum atomic E-state index is -0.384. The Balaban J connectivity index is 1.44. The van der Waals surface area contributed by atoms with Gasteiger partial charge >= 0.3 is 0 Å². The highest BCUT2D eigenvalue weighted by Crippen LogP contribution is 2.25. The van der Waals surface area contributed by atoms with E-state index in [4.69, 9.17) is 9.47 Å². The summed E-state index contributed by atoms with van der Waals surface area (Å²) in [5.74, 6) is 1.28. The lowest BCUT2D eigenvalue weighted by Crippen LogP contribution is -2.43. The number of carbonyl (C=O) groups excluding carboxylic acids is 1. The number of carbonyl (C=O) groups is 1. The number of rotatable bonds is 7. The summed E-state index contributed by atoms with van der Waals surface area (Å²) in [7, 11) is 3.17. The Morgan fingerprint density at radius 2 is 1.91 bits per heavy atom. The first-order valence-electron chi connectivity index (χ1n) is 11.1. The van der Waals surface area contributed by atoms with E-state index in [0.29, 0.717) is 36.1 Å². The largest absolute Gasteiger partial charge is 0.497 e. The normalized spacial score (nSPS) is 15.6. The topological polar surface area (TPSA) is 85.7 Å². The van der Waals surface area contributed by atoms with Gasteiger partial charge in [0, 0.05) is 37.3 Å². The average Bonchev–Trinajstić information content (AvgIpc) is 2.88. The SMILES string of the molecule is COc1ccc(CNC(=O)C2CCCN(c3ccc(=O)n(-c4ccc(F)cc4)n3)C2)c(OC)c1. The molecular weight excluding hydrogens is 439 g/mol. The van der Waals surface area contributed by atoms with Crippen LogP contribution in [0.4, 0.5) is 10.2 Å². The number of methoxy groups -OCH3 is 2. The molecule has 1 aromatic heterocycles. The van der Waals surface area contributed by atoms with Crippen molar-refractivity contribution in [2.75, 3.05) is 32.2 Å². The van der Waals surface area contributed by atoms with Crippen molar-refractivity contribution in [2.24, 2.45) is 5.92 Å². The molecule has 0 aliphatic carbocycles. The van der Waals surface area contributed by atoms with Crippen LogP contribution in [0.3, 0.4) is 0 Å². The van der Waals surface area contributed by atoms with Crippen LogP contribution in [0.15, 0.2) is 59.4 Å². The van der Waals surface area contributed by atoms with E-state index in [9.17, 15) is 14.0 Å². The number of amides is 1. The summed E-state index contributed by atoms with van der Waals surface area (Å²) in [5.41, 5.74) is 1.03. The van der Waals surface area contributed by atoms with Crippen molar-refractivity contribution >= 4 is 11.7 Å². The summed E-state index contributed by atoms with van der Waals surface area (Å²) in [5, 5.41) is 7.48. The number of hydrogen-bond acceptors (Lipinski definition) is 6. The van der Waals surface area contributed by atoms with Gasteiger partial charge in [0.15, 0.2) is 0 Å². The molecule has 1 fully saturated rings. The van der Waals surface area contributed by atoms with Gasteiger partial charge in [-0.3, -0.25) is 9.59 Å². The quantitative estimate of drug-likeness (QED) is 0.576. The van der Waals surface area contributed by atoms with Crippen LogP contribution in [0.25, 0.3) is 5.69 Å². The van der Waals surface area contributed by atoms with Crippen molar-refractivity contribution in [3.8, 4) is 17.2 Å². The van der Waals surface area contributed by atoms with Gasteiger partial charge in [-0.25, -0.2) is 4.39 Å². The fourth-order valence-corrected chi connectivity index (χ4v) is 4.06. The molecule has 0 radical (unpaired) electrons. The van der Waals surface area contributed by atoms with Crippen molar-refractivity contribution in [3.63, 3.8) is 0 Å². The second-order valence-electron chi connectivity index (χ2n) is 8.10. The van der Waals surface area contributed by atoms with Gasteiger partial charge in [0.05, 0.1) is 25.8 Å². The molecule has 1 atom stereocenters. The standard InChI is InChI=1S/C25H27FN4O4/c1-33-21-10-5-17(22(14-21)34-2)15-27-25(32)18-4-3-13-29(16-18)23-11-12-24(31)30(28-23)20-8-6-19(26)7-9-20/h5-12,14,18H,3-4,13,15-16H2,1-2H3,(H,27,32). The van der Waals surface area contributed by atoms with Crippen LogP contribution in [0.1, 0.15) is 18.4 Å². The van der Waals surface area contributed by atoms with E-state index in [-0.39, 0.29) is 23.2 Å². The smallest absolute Gasteiger partial charge is 0.271 e. The zero-order chi connectivity index (χ0) is 24.1. The summed E-state index contributed by atoms with van der Waals surface area (Å²) in [6.07, 6.45) is 1.58. The number of piperidine rings is 1. The van der Waals surface area contributed by atoms with Crippen LogP contribution in [-0.4, -0.2) is 43.0 Å². The van der Waals surface area contributed by atoms with Gasteiger partial charge in [-0.1, -0.05) is 0 Å². The summed E-state index contributed by atoms with van der Waals surface area (Å²) >= 11 is 0. The lowest BCUT2D eigenvalue weighted by Gasteiger charge is -2.33. The van der Waals surface area contributed by atoms with E-state index < -0.39 is 0 Å². The van der Waals surface area contributed by atoms with Gasteiger partial charge in [-0.05, 0) is 55.3 Å². The van der Waals surface area contributed by atoms with Crippen LogP contribution >= 0.6 is 0 Å². The average molecular weight is 467 g/mol. The molecule has 0 bridgehead atoms. The predicted molar refractivity (Wildman–Crippen MR) is 126 cm³/mol. The van der Waals surface area contributed by atoms with E-state index in [0.717, 1.165) is 24.9 Å². The van der Waals surface area contributed by atoms with Crippen LogP contribution in [0.5, 0.6) is 11.5 Å². The fourth-order valence-electron chi connectivity index (χ4n) is 4.06. The molecule has 1 aliphatic rings. The maximum absolute atomic E-state index is 13.3. The molecule has 2 aromatic carbocycles. The van der Waals surface area contributed by atoms with E-state index >= 15 is 0 Å². The number of benzene rings is 2. The van der Waals surface area contributed by atoms with E-state index in [2.05, 4.69) is 10.4 Å². The molecule has 2 heterocycles. The summed E-state index contributed by atoms with van der Waals surface area (Å²) < 4.78 is 25.1. The van der Waals surface area contributed by atoms with Gasteiger partial charge in [0.1, 0.15) is 23.1 Å². The van der Waals surface area contributed by atoms with Crippen molar-refractivity contribution in [1.82, 2.24) is 15.1 Å². The molecule has 3 aromatic rings. The molecular formula is C25H27FN4O4. The fraction of sp³-hybridized carbons (Fsp3) is 0.320. The maximum atomic E-state index is 13.3. The number of hydrogen-bond donors (Lipinski definition) is 1. The van der Waals surface area contributed by atoms with Crippen molar-refractivity contribution < 1.29 is 18.7 Å². The first kappa shape index (κ1) is 23.3. The number of nitrogens with zero attached hydrogens (tertiary/aromatic N) is 3. The van der Waals surface area contributed by atoms with Crippen LogP contribution < -0.4 is 25.2 Å². The Bertz CT molecular complexity index is 1210. The van der Waals surface area contributed by atoms with Crippen molar-refractivity contribution in [2.45, 2.75) is 19.4 Å². The summed E-state index contributed by atoms with van der Waals surface area (Å²) in [6.45, 7) is 1.56. The molecule has 1 amide bonds. The number of aromatic nitrogens is 2. The second-order valence-corrected chi connectivity index (χ2v) is 8.10. The first-order valence-corrected chi connectivity index (χ1v) is 11.1. The lowest BCUT2D eigenvalue weighted by atomic mass is 9.97. The Labute approximate surface area is 196 Å². The predicted octanol–water partition coefficient (Wildman–Crippen LogP) is 2.92. The van der Waals surface area contributed by atoms with Gasteiger partial charge < -0.3 is 19.7 Å². The highest BCUT2D eigenvalue weighted by molar-refractivity contribution is 5.79. The highest BCUT2D eigenvalue weighted by atomic mass is 19.1. The summed E-state index contributed by atoms with van der Waals surface area (Å²) in [6, 6.07) is 14.2. The molecule has 1 N–H and O–H groups in total. The van der Waals surface area contributed by atoms with E-state index in [1.165, 1.54) is 35.0 Å². The van der Waals surface area contributed by atoms with Gasteiger partial charge in [-0.2, -0.15) is 4.68 Å². The Morgan fingerprint density at radius 1 is 1.12 bits per heavy atom. The van der Waals surface area contributed by atoms with E-state index in [1.807, 2.05) is 17.0 Å². The minimum Gasteiger partial charge on any atom is -0.497 e. The third kappa shape index (κ3) is 5.19. The zero-order valence-electron chi connectivity index (χ0n) is 19.2. The third-order valence-electron chi connectivity index (χ3n) is 5.92. The lowest BCUT2D eigenvalue weighted by molar-refractivity contribution is -0.125. The molecule has 1 saturated heterocycles. The third-order valence-corrected chi connectivity index (χ3v) is 5.92. The minimum absolute atomic E-state index is 0.0468. The molecule has 4 rings (SSSR count). The van der Waals surface area contributed by atoms with Crippen molar-refractivity contribution in [3.05, 3.63) is 76.3 Å². The van der Waals surface area contributed by atoms with Gasteiger partial charge in [0.25, 0.3) is 5.56 Å². The van der Waals surface area contributed by atoms with Crippen LogP contribution in [0.2, 0.25) is 0 Å². The monoisotopic (exact) mass is 466 g/mol. The Morgan fingerprint density at radius 3 is 2.65 bits per heavy atom. The summed E-state index contributed by atoms with van der Waals surface area (Å²) in [4.78, 5) is 27.3. The number of nitrogens with one attached hydrogen (secondary N) is 1. The zero-order valence-corrected chi connectivity index (χ0v) is 19.2. The van der Waals surface area contributed by atoms with Gasteiger partial charge in [0.2, 0.25) is 5.91 Å². The van der Waals surface area contributed by atoms with Crippen LogP contribution in [-0.2, 0) is 11.3 Å². The number of halogens is 1. The maximum Gasteiger partial charge on any atom is 0.271 e. The van der Waals surface area contributed by atoms with Crippen molar-refractivity contribution in [1.29, 1.82) is 0 Å². The molecule has 34 heavy (non-hydrogen) atoms. The Kier molecular flexibility index (Phi) is 7.10. The van der Waals surface area contributed by atoms with E-state index in [1.54, 1.807) is 26.4 Å². The molecule has 1 unspecified atom stereocenters. The van der Waals surface area contributed by atoms with Crippen LogP contribution in [0, 0.1) is 11.7 Å².